The van der Waals surface area contributed by atoms with Crippen molar-refractivity contribution in [1.82, 2.24) is 9.88 Å². The number of hydrogen-bond donors (Lipinski definition) is 3. The van der Waals surface area contributed by atoms with Crippen LogP contribution in [0, 0.1) is 23.7 Å². The summed E-state index contributed by atoms with van der Waals surface area (Å²) < 4.78 is 32.9. The van der Waals surface area contributed by atoms with E-state index < -0.39 is 77.3 Å². The number of fused-ring (bicyclic) bond motifs is 6. The minimum absolute atomic E-state index is 0.0605. The molecule has 0 spiro atoms. The van der Waals surface area contributed by atoms with Crippen molar-refractivity contribution < 1.29 is 53.1 Å². The maximum absolute atomic E-state index is 14.4. The average Bonchev–Trinajstić information content (AvgIpc) is 3.52. The lowest BCUT2D eigenvalue weighted by Crippen LogP contribution is -2.60. The molecule has 15 nitrogen and oxygen atoms in total. The number of benzene rings is 1. The third-order valence-corrected chi connectivity index (χ3v) is 12.5. The molecular weight excluding hydrogens is 745 g/mol. The fourth-order valence-electron chi connectivity index (χ4n) is 8.48. The van der Waals surface area contributed by atoms with E-state index in [0.717, 1.165) is 15.8 Å². The highest BCUT2D eigenvalue weighted by Gasteiger charge is 2.53. The highest BCUT2D eigenvalue weighted by Crippen LogP contribution is 2.40. The van der Waals surface area contributed by atoms with Gasteiger partial charge in [-0.1, -0.05) is 50.3 Å². The lowest BCUT2D eigenvalue weighted by Gasteiger charge is -2.47. The van der Waals surface area contributed by atoms with Gasteiger partial charge >= 0.3 is 5.97 Å². The first kappa shape index (κ1) is 44.0. The number of aliphatic hydroxyl groups excluding tert-OH is 1. The van der Waals surface area contributed by atoms with Crippen molar-refractivity contribution in [3.8, 4) is 0 Å². The van der Waals surface area contributed by atoms with Crippen molar-refractivity contribution in [2.75, 3.05) is 33.0 Å². The molecule has 4 N–H and O–H groups in total. The predicted octanol–water partition coefficient (Wildman–Crippen LogP) is 3.90. The molecule has 5 rings (SSSR count). The fraction of sp³-hybridized carbons (Fsp3) is 0.725. The number of carbonyl (C=O) groups excluding carboxylic acids is 3. The number of cyclic esters (lactones) is 1. The van der Waals surface area contributed by atoms with Crippen LogP contribution in [-0.2, 0) is 49.5 Å². The van der Waals surface area contributed by atoms with Crippen molar-refractivity contribution in [3.63, 3.8) is 0 Å². The third kappa shape index (κ3) is 9.44. The van der Waals surface area contributed by atoms with Gasteiger partial charge in [0, 0.05) is 23.8 Å². The Kier molecular flexibility index (Phi) is 14.0. The van der Waals surface area contributed by atoms with Crippen LogP contribution in [0.3, 0.4) is 0 Å². The second-order valence-corrected chi connectivity index (χ2v) is 17.6. The number of aliphatic hydroxyl groups is 2. The number of thiazole rings is 1. The number of ketones is 2. The first-order valence-electron chi connectivity index (χ1n) is 19.5. The molecule has 3 aliphatic heterocycles. The summed E-state index contributed by atoms with van der Waals surface area (Å²) in [5, 5.41) is 28.6. The summed E-state index contributed by atoms with van der Waals surface area (Å²) in [5.41, 5.74) is 4.50. The number of Topliss-reactive ketones (excluding diaryl/α,β-unsaturated/α-hetero) is 2. The largest absolute Gasteiger partial charge is 0.459 e. The number of likely N-dealkylation sites (N-methyl/N-ethyl adjacent to an activating group) is 1. The van der Waals surface area contributed by atoms with Crippen molar-refractivity contribution in [1.29, 1.82) is 0 Å². The maximum Gasteiger partial charge on any atom is 0.316 e. The molecule has 3 saturated heterocycles. The highest BCUT2D eigenvalue weighted by molar-refractivity contribution is 7.22. The summed E-state index contributed by atoms with van der Waals surface area (Å²) in [7, 11) is 3.72. The van der Waals surface area contributed by atoms with E-state index in [1.165, 1.54) is 25.2 Å². The van der Waals surface area contributed by atoms with Gasteiger partial charge in [-0.3, -0.25) is 14.4 Å². The predicted molar refractivity (Wildman–Crippen MR) is 210 cm³/mol. The first-order valence-corrected chi connectivity index (χ1v) is 20.3. The molecule has 3 aliphatic rings. The van der Waals surface area contributed by atoms with E-state index in [1.807, 2.05) is 44.1 Å². The number of anilines is 1. The monoisotopic (exact) mass is 804 g/mol. The molecule has 2 bridgehead atoms. The number of ether oxygens (including phenoxy) is 5. The van der Waals surface area contributed by atoms with Crippen molar-refractivity contribution >= 4 is 49.9 Å². The number of esters is 1. The van der Waals surface area contributed by atoms with Gasteiger partial charge in [-0.25, -0.2) is 4.98 Å². The van der Waals surface area contributed by atoms with E-state index in [9.17, 15) is 24.6 Å². The van der Waals surface area contributed by atoms with Crippen LogP contribution < -0.4 is 5.73 Å². The Morgan fingerprint density at radius 3 is 2.46 bits per heavy atom. The molecule has 0 aliphatic carbocycles. The van der Waals surface area contributed by atoms with Crippen molar-refractivity contribution in [2.24, 2.45) is 28.8 Å². The summed E-state index contributed by atoms with van der Waals surface area (Å²) in [6.07, 6.45) is -5.25. The molecular formula is C40H60N4O11S. The van der Waals surface area contributed by atoms with Gasteiger partial charge in [-0.15, -0.1) is 0 Å². The SMILES string of the molecule is CC[C@H]1OC(=O)[C@H](C)C(=O)[C@H](C)[C@@H](O[C@@H]2O[C@H](C)C[C@H](N(C)C)[C@H]2O)[C@@]2(C)C[C@@H](C)C(=O)[C@H](C)[C@@H](OC/C(=N\OCc3ccc4nc(N)sc4c3)CO2)[C@]1(C)O. The van der Waals surface area contributed by atoms with Gasteiger partial charge < -0.3 is 49.4 Å². The van der Waals surface area contributed by atoms with Gasteiger partial charge in [0.05, 0.1) is 47.3 Å². The van der Waals surface area contributed by atoms with Crippen LogP contribution in [0.1, 0.15) is 80.2 Å². The number of carbonyl (C=O) groups is 3. The number of hydrogen-bond acceptors (Lipinski definition) is 16. The number of oxime groups is 1. The van der Waals surface area contributed by atoms with Crippen molar-refractivity contribution in [3.05, 3.63) is 23.8 Å². The van der Waals surface area contributed by atoms with E-state index in [2.05, 4.69) is 10.1 Å². The molecule has 16 heteroatoms. The Morgan fingerprint density at radius 1 is 1.07 bits per heavy atom. The van der Waals surface area contributed by atoms with E-state index in [4.69, 9.17) is 34.3 Å². The zero-order valence-corrected chi connectivity index (χ0v) is 35.0. The molecule has 4 heterocycles. The molecule has 2 aromatic rings. The summed E-state index contributed by atoms with van der Waals surface area (Å²) >= 11 is 1.36. The zero-order valence-electron chi connectivity index (χ0n) is 34.2. The van der Waals surface area contributed by atoms with Gasteiger partial charge in [0.25, 0.3) is 0 Å². The fourth-order valence-corrected chi connectivity index (χ4v) is 9.27. The molecule has 1 aromatic carbocycles. The van der Waals surface area contributed by atoms with E-state index >= 15 is 0 Å². The molecule has 312 valence electrons. The molecule has 0 radical (unpaired) electrons. The smallest absolute Gasteiger partial charge is 0.316 e. The molecule has 1 aromatic heterocycles. The quantitative estimate of drug-likeness (QED) is 0.207. The number of nitrogens with zero attached hydrogens (tertiary/aromatic N) is 3. The molecule has 0 saturated carbocycles. The number of aromatic nitrogens is 1. The Labute approximate surface area is 333 Å². The summed E-state index contributed by atoms with van der Waals surface area (Å²) in [5.74, 6) is -5.44. The van der Waals surface area contributed by atoms with E-state index in [0.29, 0.717) is 11.6 Å². The summed E-state index contributed by atoms with van der Waals surface area (Å²) in [4.78, 5) is 54.5. The van der Waals surface area contributed by atoms with Crippen LogP contribution in [0.2, 0.25) is 0 Å². The molecule has 0 amide bonds. The van der Waals surface area contributed by atoms with Gasteiger partial charge in [0.15, 0.2) is 17.2 Å². The Hall–Kier alpha value is -3.09. The second kappa shape index (κ2) is 17.8. The zero-order chi connectivity index (χ0) is 41.3. The summed E-state index contributed by atoms with van der Waals surface area (Å²) in [6.45, 7) is 13.1. The molecule has 56 heavy (non-hydrogen) atoms. The van der Waals surface area contributed by atoms with Crippen LogP contribution in [0.4, 0.5) is 5.13 Å². The van der Waals surface area contributed by atoms with Crippen LogP contribution in [0.15, 0.2) is 23.4 Å². The van der Waals surface area contributed by atoms with Gasteiger partial charge in [-0.2, -0.15) is 0 Å². The topological polar surface area (TPSA) is 202 Å². The Balaban J connectivity index is 1.60. The Morgan fingerprint density at radius 2 is 1.79 bits per heavy atom. The van der Waals surface area contributed by atoms with E-state index in [1.54, 1.807) is 34.6 Å². The lowest BCUT2D eigenvalue weighted by atomic mass is 9.74. The first-order chi connectivity index (χ1) is 26.3. The molecule has 0 unspecified atom stereocenters. The standard InChI is InChI=1S/C40H60N4O11S/c1-11-30-40(8,49)35-22(4)31(45)20(2)16-39(7,51-19-26(18-50-35)43-52-17-25-12-13-27-29(15-25)56-38(41)42-27)34(23(5)32(46)24(6)36(48)54-30)55-37-33(47)28(44(9)10)14-21(3)53-37/h12-13,15,20-24,28,30,33-35,37,47,49H,11,14,16-19H2,1-10H3,(H2,41,42)/b43-26+/t20-,21-,22+,23+,24-,28+,30-,33-,34-,35-,37+,39-,40-/m1/s1. The van der Waals surface area contributed by atoms with Crippen LogP contribution in [0.5, 0.6) is 0 Å². The maximum atomic E-state index is 14.4. The highest BCUT2D eigenvalue weighted by atomic mass is 32.1. The third-order valence-electron chi connectivity index (χ3n) is 11.7. The minimum Gasteiger partial charge on any atom is -0.459 e. The lowest BCUT2D eigenvalue weighted by molar-refractivity contribution is -0.296. The van der Waals surface area contributed by atoms with Crippen LogP contribution in [0.25, 0.3) is 10.2 Å². The molecule has 3 fully saturated rings. The van der Waals surface area contributed by atoms with Crippen molar-refractivity contribution in [2.45, 2.75) is 135 Å². The number of nitrogens with two attached hydrogens (primary N) is 1. The summed E-state index contributed by atoms with van der Waals surface area (Å²) in [6, 6.07) is 5.32. The van der Waals surface area contributed by atoms with Crippen LogP contribution >= 0.6 is 11.3 Å². The Bertz CT molecular complexity index is 1750. The average molecular weight is 805 g/mol. The van der Waals surface area contributed by atoms with Gasteiger partial charge in [0.2, 0.25) is 0 Å². The molecule has 13 atom stereocenters. The minimum atomic E-state index is -1.87. The van der Waals surface area contributed by atoms with E-state index in [-0.39, 0.29) is 56.3 Å². The van der Waals surface area contributed by atoms with Crippen LogP contribution in [-0.4, -0.2) is 125 Å². The van der Waals surface area contributed by atoms with Gasteiger partial charge in [0.1, 0.15) is 41.8 Å². The van der Waals surface area contributed by atoms with Gasteiger partial charge in [-0.05, 0) is 78.7 Å². The normalized spacial score (nSPS) is 38.9. The second-order valence-electron chi connectivity index (χ2n) is 16.5. The number of rotatable bonds is 7. The number of nitrogen functional groups attached to an aromatic ring is 1.